The summed E-state index contributed by atoms with van der Waals surface area (Å²) in [6.07, 6.45) is 12.0. The van der Waals surface area contributed by atoms with Crippen LogP contribution in [0, 0.1) is 5.41 Å². The number of aliphatic imine (C=N–C) groups is 1. The molecule has 648 valence electrons. The number of nitrogens with zero attached hydrogens (tertiary/aromatic N) is 11. The average Bonchev–Trinajstić information content (AvgIpc) is 1.54. The Morgan fingerprint density at radius 2 is 0.764 bits per heavy atom. The Morgan fingerprint density at radius 3 is 1.04 bits per heavy atom. The number of alkyl carbamates (subject to hydrolysis) is 2. The molecule has 8 amide bonds. The molecule has 0 spiro atoms. The second kappa shape index (κ2) is 34.9. The van der Waals surface area contributed by atoms with Crippen molar-refractivity contribution >= 4 is 170 Å². The molecule has 14 rings (SSSR count). The van der Waals surface area contributed by atoms with Crippen LogP contribution >= 0.6 is 11.3 Å². The summed E-state index contributed by atoms with van der Waals surface area (Å²) in [5, 5.41) is 50.4. The van der Waals surface area contributed by atoms with Gasteiger partial charge >= 0.3 is 48.3 Å². The first kappa shape index (κ1) is 89.7. The number of nitrogens with one attached hydrogen (secondary N) is 5. The van der Waals surface area contributed by atoms with Crippen LogP contribution in [-0.4, -0.2) is 292 Å². The highest BCUT2D eigenvalue weighted by atomic mass is 32.2. The van der Waals surface area contributed by atoms with Gasteiger partial charge in [-0.05, 0) is 113 Å². The number of guanidine groups is 1. The standard InChI is InChI=1S/C20H18N4O7S.C18H22N6O7S.C18H16N4O7S2.C16H16N4O7S/c1-20(11-31-19(28)23-12-5-8-21-9-6-12)15(18(26)27)24-16(25)14(17(24)32(20,29)30)10-13-4-2-3-7-22-13;1-18(9-31-17(28)23-7-6-22-16(19)20)12(15(26)27)24-13(25)11(14(24)32(18,29)30)8-10-4-2-3-5-21-10;1-18(9-29-17(26)21-16-20-6-7-30-16)12(15(24)25)22-13(23)11(14(22)31(18,27)28)8-10-4-2-3-5-19-10;1-16(7-27-15(24)19-8-17)11(14(22)23)20-12(21)10(13(20)28(16,25)26)6-9-4-2-3-5-18-9/h2-10,15,17H,11H2,1H3,(H,26,27)(H,21,23,28);2-5,8,12,14H,6-7,9H2,1H3,(H,23,28)(H,26,27)(H4,19,20,22);2-8,12,14H,9H2,1H3,(H,24,25)(H,20,21,26);2-6,8,11,13H,7H2,1H3,(H,22,23)(H2,17,19,24)/b14-10-;2*11-8-;10-6-/t15-,17+,20-;2*12-,14+,18-;11-,13+,16-/m0000/s1. The predicted octanol–water partition coefficient (Wildman–Crippen LogP) is -0.224. The maximum atomic E-state index is 13.4. The number of carboxylic acid groups (broad SMARTS) is 4. The Morgan fingerprint density at radius 1 is 0.455 bits per heavy atom. The molecule has 0 saturated carbocycles. The van der Waals surface area contributed by atoms with Crippen LogP contribution in [0.15, 0.2) is 161 Å². The van der Waals surface area contributed by atoms with E-state index in [-0.39, 0.29) is 46.5 Å². The van der Waals surface area contributed by atoms with Gasteiger partial charge in [0.25, 0.3) is 23.6 Å². The number of thiazole rings is 1. The molecule has 46 nitrogen and oxygen atoms in total. The normalized spacial score (nSPS) is 27.4. The van der Waals surface area contributed by atoms with Crippen LogP contribution in [-0.2, 0) is 96.7 Å². The van der Waals surface area contributed by atoms with Crippen molar-refractivity contribution in [2.24, 2.45) is 16.5 Å². The number of amides is 8. The summed E-state index contributed by atoms with van der Waals surface area (Å²) in [6, 6.07) is 15.7. The van der Waals surface area contributed by atoms with Crippen LogP contribution in [0.2, 0.25) is 0 Å². The molecule has 0 unspecified atom stereocenters. The third-order valence-electron chi connectivity index (χ3n) is 20.5. The molecule has 123 heavy (non-hydrogen) atoms. The number of pyridine rings is 5. The zero-order valence-electron chi connectivity index (χ0n) is 64.2. The number of β-lactam (4-membered cyclic amide) rings is 4. The number of carbonyl (C=O) groups is 12. The maximum absolute atomic E-state index is 13.4. The minimum absolute atomic E-state index is 0.00670. The van der Waals surface area contributed by atoms with Crippen molar-refractivity contribution in [1.29, 1.82) is 5.41 Å². The Balaban J connectivity index is 0.000000160. The fraction of sp³-hybridized carbons (Fsp3) is 0.306. The number of carbonyl (C=O) groups excluding carboxylic acids is 8. The van der Waals surface area contributed by atoms with Crippen LogP contribution in [0.1, 0.15) is 50.5 Å². The number of sulfone groups is 4. The van der Waals surface area contributed by atoms with E-state index in [0.717, 1.165) is 58.6 Å². The molecule has 8 aliphatic heterocycles. The largest absolute Gasteiger partial charge is 0.480 e. The highest BCUT2D eigenvalue weighted by Gasteiger charge is 2.76. The van der Waals surface area contributed by atoms with E-state index >= 15 is 0 Å². The minimum atomic E-state index is -4.29. The Labute approximate surface area is 700 Å². The quantitative estimate of drug-likeness (QED) is 0.0104. The van der Waals surface area contributed by atoms with Crippen molar-refractivity contribution in [3.8, 4) is 0 Å². The van der Waals surface area contributed by atoms with Crippen molar-refractivity contribution in [2.45, 2.75) is 92.3 Å². The van der Waals surface area contributed by atoms with Gasteiger partial charge in [-0.3, -0.25) is 70.5 Å². The molecule has 0 aromatic carbocycles. The van der Waals surface area contributed by atoms with E-state index in [0.29, 0.717) is 34.8 Å². The molecule has 6 aromatic heterocycles. The Kier molecular flexibility index (Phi) is 25.5. The Hall–Kier alpha value is -14.1. The van der Waals surface area contributed by atoms with E-state index in [1.807, 2.05) is 5.32 Å². The smallest absolute Gasteiger partial charge is 0.413 e. The van der Waals surface area contributed by atoms with Crippen LogP contribution in [0.5, 0.6) is 0 Å². The zero-order valence-corrected chi connectivity index (χ0v) is 68.2. The lowest BCUT2D eigenvalue weighted by Gasteiger charge is -2.37. The molecule has 6 aromatic rings. The van der Waals surface area contributed by atoms with Gasteiger partial charge in [-0.25, -0.2) is 77.0 Å². The van der Waals surface area contributed by atoms with E-state index in [1.165, 1.54) is 79.8 Å². The number of carboxylic acids is 4. The molecule has 8 saturated heterocycles. The zero-order chi connectivity index (χ0) is 89.9. The number of hydrogen-bond acceptors (Lipinski definition) is 33. The molecule has 0 aliphatic carbocycles. The summed E-state index contributed by atoms with van der Waals surface area (Å²) in [6.45, 7) is 1.53. The predicted molar refractivity (Wildman–Crippen MR) is 426 cm³/mol. The van der Waals surface area contributed by atoms with Crippen LogP contribution in [0.4, 0.5) is 30.0 Å². The topological polar surface area (TPSA) is 686 Å². The monoisotopic (exact) mass is 1800 g/mol. The van der Waals surface area contributed by atoms with Gasteiger partial charge < -0.3 is 75.8 Å². The lowest BCUT2D eigenvalue weighted by Crippen LogP contribution is -2.59. The first-order valence-electron chi connectivity index (χ1n) is 35.7. The second-order valence-electron chi connectivity index (χ2n) is 28.2. The maximum Gasteiger partial charge on any atom is 0.413 e. The number of ether oxygens (including phenoxy) is 4. The van der Waals surface area contributed by atoms with E-state index in [4.69, 9.17) is 35.8 Å². The average molecular weight is 1800 g/mol. The van der Waals surface area contributed by atoms with E-state index in [2.05, 4.69) is 50.8 Å². The summed E-state index contributed by atoms with van der Waals surface area (Å²) in [4.78, 5) is 176. The minimum Gasteiger partial charge on any atom is -0.480 e. The fourth-order valence-electron chi connectivity index (χ4n) is 14.4. The van der Waals surface area contributed by atoms with Gasteiger partial charge in [-0.15, -0.1) is 11.3 Å². The van der Waals surface area contributed by atoms with Crippen molar-refractivity contribution in [1.82, 2.24) is 60.1 Å². The number of hydrogen-bond donors (Lipinski definition) is 11. The lowest BCUT2D eigenvalue weighted by atomic mass is 9.94. The SMILES string of the molecule is C[C@]1(COC(=O)NC=N)[C@H](C(=O)O)N2C(=O)/C(=C/c3ccccn3)[C@H]2S1(=O)=O.C[C@]1(COC(=O)NCCN=C(N)N)[C@H](C(=O)O)N2C(=O)/C(=C/c3ccccn3)[C@H]2S1(=O)=O.C[C@]1(COC(=O)Nc2ccncc2)[C@H](C(=O)O)N2C(=O)/C(=C/c3ccccn3)[C@H]2S1(=O)=O.C[C@]1(COC(=O)Nc2nccs2)[C@H](C(=O)O)N2C(=O)/C(=C/c3ccccn3)[C@H]2S1(=O)=O. The fourth-order valence-corrected chi connectivity index (χ4v) is 24.0. The van der Waals surface area contributed by atoms with E-state index < -0.39 is 202 Å². The third-order valence-corrected chi connectivity index (χ3v) is 32.0. The van der Waals surface area contributed by atoms with Crippen LogP contribution in [0.25, 0.3) is 24.3 Å². The van der Waals surface area contributed by atoms with E-state index in [1.54, 1.807) is 78.2 Å². The molecular formula is C72H72N18O28S5. The first-order valence-corrected chi connectivity index (χ1v) is 42.8. The number of aromatic nitrogens is 6. The summed E-state index contributed by atoms with van der Waals surface area (Å²) in [5.41, 5.74) is 11.7. The summed E-state index contributed by atoms with van der Waals surface area (Å²) < 4.78 is 118. The van der Waals surface area contributed by atoms with Gasteiger partial charge in [0.05, 0.1) is 58.0 Å². The summed E-state index contributed by atoms with van der Waals surface area (Å²) >= 11 is 1.12. The summed E-state index contributed by atoms with van der Waals surface area (Å²) in [7, 11) is -17.1. The third kappa shape index (κ3) is 16.5. The number of fused-ring (bicyclic) bond motifs is 4. The van der Waals surface area contributed by atoms with Crippen LogP contribution in [0.3, 0.4) is 0 Å². The molecule has 51 heteroatoms. The number of nitrogens with two attached hydrogens (primary N) is 2. The molecule has 13 N–H and O–H groups in total. The Bertz CT molecular complexity index is 5920. The van der Waals surface area contributed by atoms with Gasteiger partial charge in [-0.1, -0.05) is 24.3 Å². The molecule has 12 atom stereocenters. The molecule has 0 bridgehead atoms. The van der Waals surface area contributed by atoms with E-state index in [9.17, 15) is 112 Å². The van der Waals surface area contributed by atoms with Crippen molar-refractivity contribution in [3.63, 3.8) is 0 Å². The molecule has 8 fully saturated rings. The van der Waals surface area contributed by atoms with Gasteiger partial charge in [0.1, 0.15) is 45.4 Å². The van der Waals surface area contributed by atoms with Crippen molar-refractivity contribution in [3.05, 3.63) is 179 Å². The number of anilines is 2. The highest BCUT2D eigenvalue weighted by Crippen LogP contribution is 2.53. The van der Waals surface area contributed by atoms with Crippen molar-refractivity contribution in [2.75, 3.05) is 50.2 Å². The highest BCUT2D eigenvalue weighted by molar-refractivity contribution is 7.95. The summed E-state index contributed by atoms with van der Waals surface area (Å²) in [5.74, 6) is -9.16. The molecule has 14 heterocycles. The number of aliphatic carboxylic acids is 4. The van der Waals surface area contributed by atoms with Gasteiger partial charge in [0.2, 0.25) is 0 Å². The second-order valence-corrected chi connectivity index (χ2v) is 39.0. The van der Waals surface area contributed by atoms with Gasteiger partial charge in [0, 0.05) is 61.0 Å². The van der Waals surface area contributed by atoms with Crippen LogP contribution < -0.4 is 32.7 Å². The van der Waals surface area contributed by atoms with Crippen molar-refractivity contribution < 1.29 is 131 Å². The first-order chi connectivity index (χ1) is 58.0. The van der Waals surface area contributed by atoms with Gasteiger partial charge in [-0.2, -0.15) is 0 Å². The molecule has 0 radical (unpaired) electrons. The van der Waals surface area contributed by atoms with Gasteiger partial charge in [0.15, 0.2) is 96.1 Å². The molecule has 8 aliphatic rings. The molecular weight excluding hydrogens is 1730 g/mol. The number of rotatable bonds is 22. The lowest BCUT2D eigenvalue weighted by molar-refractivity contribution is -0.153.